The predicted octanol–water partition coefficient (Wildman–Crippen LogP) is 1.85. The molecule has 0 aromatic heterocycles. The molecule has 1 rings (SSSR count). The Kier molecular flexibility index (Phi) is 3.80. The van der Waals surface area contributed by atoms with Crippen LogP contribution in [0.1, 0.15) is 10.9 Å². The first-order valence-electron chi connectivity index (χ1n) is 4.08. The van der Waals surface area contributed by atoms with Crippen molar-refractivity contribution in [2.45, 2.75) is 5.38 Å². The summed E-state index contributed by atoms with van der Waals surface area (Å²) in [6.45, 7) is 0. The summed E-state index contributed by atoms with van der Waals surface area (Å²) in [5.41, 5.74) is 0.355. The molecule has 1 unspecified atom stereocenters. The van der Waals surface area contributed by atoms with E-state index in [1.54, 1.807) is 0 Å². The van der Waals surface area contributed by atoms with Gasteiger partial charge in [0.05, 0.1) is 7.11 Å². The minimum absolute atomic E-state index is 0.355. The van der Waals surface area contributed by atoms with Gasteiger partial charge in [-0.2, -0.15) is 0 Å². The van der Waals surface area contributed by atoms with Gasteiger partial charge in [0.25, 0.3) is 5.78 Å². The highest BCUT2D eigenvalue weighted by atomic mass is 35.5. The second kappa shape index (κ2) is 4.89. The summed E-state index contributed by atoms with van der Waals surface area (Å²) in [4.78, 5) is 22.1. The van der Waals surface area contributed by atoms with Crippen LogP contribution in [0.5, 0.6) is 0 Å². The van der Waals surface area contributed by atoms with Crippen molar-refractivity contribution >= 4 is 23.4 Å². The molecule has 0 N–H and O–H groups in total. The number of alkyl halides is 1. The smallest absolute Gasteiger partial charge is 0.376 e. The second-order valence-electron chi connectivity index (χ2n) is 2.77. The molecule has 0 amide bonds. The average Bonchev–Trinajstić information content (AvgIpc) is 2.27. The van der Waals surface area contributed by atoms with Crippen molar-refractivity contribution in [2.75, 3.05) is 7.11 Å². The molecule has 0 heterocycles. The normalized spacial score (nSPS) is 11.9. The maximum atomic E-state index is 12.6. The van der Waals surface area contributed by atoms with Gasteiger partial charge in [0.1, 0.15) is 11.2 Å². The van der Waals surface area contributed by atoms with E-state index in [1.165, 1.54) is 12.1 Å². The highest BCUT2D eigenvalue weighted by molar-refractivity contribution is 6.47. The van der Waals surface area contributed by atoms with Gasteiger partial charge in [-0.3, -0.25) is 4.79 Å². The van der Waals surface area contributed by atoms with Gasteiger partial charge in [0.15, 0.2) is 0 Å². The van der Waals surface area contributed by atoms with Crippen LogP contribution in [0, 0.1) is 5.82 Å². The molecule has 15 heavy (non-hydrogen) atoms. The monoisotopic (exact) mass is 230 g/mol. The Morgan fingerprint density at radius 2 is 1.87 bits per heavy atom. The Bertz CT molecular complexity index is 375. The first-order valence-corrected chi connectivity index (χ1v) is 4.51. The molecule has 0 saturated carbocycles. The van der Waals surface area contributed by atoms with E-state index in [9.17, 15) is 14.0 Å². The van der Waals surface area contributed by atoms with Gasteiger partial charge in [0, 0.05) is 0 Å². The highest BCUT2D eigenvalue weighted by Gasteiger charge is 2.25. The second-order valence-corrected chi connectivity index (χ2v) is 3.21. The van der Waals surface area contributed by atoms with Crippen LogP contribution >= 0.6 is 11.6 Å². The summed E-state index contributed by atoms with van der Waals surface area (Å²) >= 11 is 5.71. The Morgan fingerprint density at radius 3 is 2.33 bits per heavy atom. The first kappa shape index (κ1) is 11.7. The SMILES string of the molecule is COC(=O)C(=O)C(Cl)c1ccc(F)cc1. The van der Waals surface area contributed by atoms with Gasteiger partial charge in [-0.05, 0) is 17.7 Å². The third-order valence-electron chi connectivity index (χ3n) is 1.78. The number of Topliss-reactive ketones (excluding diaryl/α,β-unsaturated/α-hetero) is 1. The van der Waals surface area contributed by atoms with Gasteiger partial charge >= 0.3 is 5.97 Å². The molecule has 0 saturated heterocycles. The lowest BCUT2D eigenvalue weighted by Crippen LogP contribution is -2.20. The third-order valence-corrected chi connectivity index (χ3v) is 2.23. The Morgan fingerprint density at radius 1 is 1.33 bits per heavy atom. The third kappa shape index (κ3) is 2.76. The molecule has 5 heteroatoms. The van der Waals surface area contributed by atoms with Crippen LogP contribution in [0.15, 0.2) is 24.3 Å². The fourth-order valence-electron chi connectivity index (χ4n) is 0.987. The molecule has 0 fully saturated rings. The van der Waals surface area contributed by atoms with Crippen LogP contribution < -0.4 is 0 Å². The van der Waals surface area contributed by atoms with E-state index in [4.69, 9.17) is 11.6 Å². The molecule has 3 nitrogen and oxygen atoms in total. The zero-order valence-electron chi connectivity index (χ0n) is 7.87. The fraction of sp³-hybridized carbons (Fsp3) is 0.200. The van der Waals surface area contributed by atoms with Crippen molar-refractivity contribution in [3.8, 4) is 0 Å². The van der Waals surface area contributed by atoms with Gasteiger partial charge in [-0.25, -0.2) is 9.18 Å². The summed E-state index contributed by atoms with van der Waals surface area (Å²) in [6, 6.07) is 5.01. The molecule has 1 aromatic rings. The quantitative estimate of drug-likeness (QED) is 0.452. The van der Waals surface area contributed by atoms with E-state index in [2.05, 4.69) is 4.74 Å². The number of hydrogen-bond donors (Lipinski definition) is 0. The number of ether oxygens (including phenoxy) is 1. The summed E-state index contributed by atoms with van der Waals surface area (Å²) in [5.74, 6) is -2.32. The Balaban J connectivity index is 2.85. The fourth-order valence-corrected chi connectivity index (χ4v) is 1.22. The molecule has 0 radical (unpaired) electrons. The number of benzene rings is 1. The summed E-state index contributed by atoms with van der Waals surface area (Å²) < 4.78 is 16.8. The molecule has 0 bridgehead atoms. The van der Waals surface area contributed by atoms with E-state index in [0.717, 1.165) is 19.2 Å². The summed E-state index contributed by atoms with van der Waals surface area (Å²) in [7, 11) is 1.09. The van der Waals surface area contributed by atoms with E-state index in [1.807, 2.05) is 0 Å². The molecule has 1 aromatic carbocycles. The minimum Gasteiger partial charge on any atom is -0.463 e. The number of carbonyl (C=O) groups excluding carboxylic acids is 2. The summed E-state index contributed by atoms with van der Waals surface area (Å²) in [6.07, 6.45) is 0. The van der Waals surface area contributed by atoms with Crippen LogP contribution in [0.2, 0.25) is 0 Å². The number of rotatable bonds is 3. The molecule has 0 aliphatic heterocycles. The Hall–Kier alpha value is -1.42. The standard InChI is InChI=1S/C10H8ClFO3/c1-15-10(14)9(13)8(11)6-2-4-7(12)5-3-6/h2-5,8H,1H3. The van der Waals surface area contributed by atoms with Crippen molar-refractivity contribution in [1.82, 2.24) is 0 Å². The topological polar surface area (TPSA) is 43.4 Å². The van der Waals surface area contributed by atoms with Crippen molar-refractivity contribution < 1.29 is 18.7 Å². The molecule has 0 aliphatic carbocycles. The van der Waals surface area contributed by atoms with Crippen LogP contribution in [0.4, 0.5) is 4.39 Å². The van der Waals surface area contributed by atoms with Crippen molar-refractivity contribution in [1.29, 1.82) is 0 Å². The van der Waals surface area contributed by atoms with E-state index < -0.39 is 22.9 Å². The number of esters is 1. The highest BCUT2D eigenvalue weighted by Crippen LogP contribution is 2.21. The van der Waals surface area contributed by atoms with Crippen molar-refractivity contribution in [3.05, 3.63) is 35.6 Å². The zero-order valence-corrected chi connectivity index (χ0v) is 8.62. The van der Waals surface area contributed by atoms with Gasteiger partial charge < -0.3 is 4.74 Å². The van der Waals surface area contributed by atoms with Crippen LogP contribution in [0.3, 0.4) is 0 Å². The lowest BCUT2D eigenvalue weighted by Gasteiger charge is -2.06. The maximum absolute atomic E-state index is 12.6. The lowest BCUT2D eigenvalue weighted by atomic mass is 10.1. The van der Waals surface area contributed by atoms with Gasteiger partial charge in [-0.15, -0.1) is 11.6 Å². The largest absolute Gasteiger partial charge is 0.463 e. The molecule has 0 spiro atoms. The van der Waals surface area contributed by atoms with Gasteiger partial charge in [-0.1, -0.05) is 12.1 Å². The first-order chi connectivity index (χ1) is 7.06. The van der Waals surface area contributed by atoms with E-state index in [0.29, 0.717) is 5.56 Å². The van der Waals surface area contributed by atoms with Crippen molar-refractivity contribution in [3.63, 3.8) is 0 Å². The number of halogens is 2. The van der Waals surface area contributed by atoms with Crippen LogP contribution in [-0.2, 0) is 14.3 Å². The predicted molar refractivity (Wildman–Crippen MR) is 52.0 cm³/mol. The molecular weight excluding hydrogens is 223 g/mol. The average molecular weight is 231 g/mol. The molecule has 1 atom stereocenters. The van der Waals surface area contributed by atoms with Crippen LogP contribution in [0.25, 0.3) is 0 Å². The van der Waals surface area contributed by atoms with Gasteiger partial charge in [0.2, 0.25) is 0 Å². The maximum Gasteiger partial charge on any atom is 0.376 e. The minimum atomic E-state index is -1.14. The molecule has 0 aliphatic rings. The zero-order chi connectivity index (χ0) is 11.4. The van der Waals surface area contributed by atoms with E-state index in [-0.39, 0.29) is 0 Å². The number of carbonyl (C=O) groups is 2. The van der Waals surface area contributed by atoms with Crippen LogP contribution in [-0.4, -0.2) is 18.9 Å². The number of hydrogen-bond acceptors (Lipinski definition) is 3. The summed E-state index contributed by atoms with van der Waals surface area (Å²) in [5, 5.41) is -1.14. The number of ketones is 1. The Labute approximate surface area is 90.8 Å². The van der Waals surface area contributed by atoms with E-state index >= 15 is 0 Å². The molecular formula is C10H8ClFO3. The number of methoxy groups -OCH3 is 1. The molecule has 80 valence electrons. The van der Waals surface area contributed by atoms with Crippen molar-refractivity contribution in [2.24, 2.45) is 0 Å². The lowest BCUT2D eigenvalue weighted by molar-refractivity contribution is -0.151.